The van der Waals surface area contributed by atoms with Crippen LogP contribution in [0.25, 0.3) is 0 Å². The average Bonchev–Trinajstić information content (AvgIpc) is 2.48. The monoisotopic (exact) mass is 888 g/mol. The van der Waals surface area contributed by atoms with Gasteiger partial charge in [-0.25, -0.2) is 17.9 Å². The van der Waals surface area contributed by atoms with Gasteiger partial charge in [-0.1, -0.05) is 3.89 Å². The molecule has 0 rings (SSSR count). The molecule has 0 bridgehead atoms. The Kier molecular flexibility index (Phi) is 14.6. The second-order valence-corrected chi connectivity index (χ2v) is 10.7. The third kappa shape index (κ3) is 10.5. The second kappa shape index (κ2) is 12.5. The molecule has 0 radical (unpaired) electrons. The number of hydrogen-bond acceptors (Lipinski definition) is 7. The minimum Gasteiger partial charge on any atom is -0.743 e. The number of ether oxygens (including phenoxy) is 2. The third-order valence-corrected chi connectivity index (χ3v) is 5.44. The topological polar surface area (TPSA) is 110 Å². The van der Waals surface area contributed by atoms with Crippen LogP contribution in [0.4, 0.5) is 74.1 Å². The summed E-state index contributed by atoms with van der Waals surface area (Å²) in [4.78, 5) is 0. The minimum atomic E-state index is -7.37. The van der Waals surface area contributed by atoms with Crippen molar-refractivity contribution in [3.63, 3.8) is 0 Å². The van der Waals surface area contributed by atoms with Gasteiger partial charge in [0.2, 0.25) is 0 Å². The molecule has 220 valence electrons. The Hall–Kier alpha value is 1.69. The van der Waals surface area contributed by atoms with Gasteiger partial charge in [-0.2, -0.15) is 78.7 Å². The van der Waals surface area contributed by atoms with Crippen molar-refractivity contribution in [1.82, 2.24) is 0 Å². The molecule has 0 aliphatic carbocycles. The maximum absolute atomic E-state index is 12.4. The molecule has 0 atom stereocenters. The summed E-state index contributed by atoms with van der Waals surface area (Å²) in [5, 5.41) is -13.4. The van der Waals surface area contributed by atoms with E-state index >= 15 is 0 Å². The standard InChI is InChI=1S/C4F9IO3S.C4HF8IO4S.K/c5-1(6,14)2(7,8)17-3(9,10)4(11,12)18(13,15)16;5-1(6,13)2(7,8)17-3(9,10)4(11,12)18(14,15)16;/h;(H,14,15,16);/q;;+1/p-1. The van der Waals surface area contributed by atoms with Crippen LogP contribution in [-0.2, 0) is 29.8 Å². The van der Waals surface area contributed by atoms with Crippen molar-refractivity contribution < 1.29 is 156 Å². The van der Waals surface area contributed by atoms with Crippen LogP contribution in [0.5, 0.6) is 0 Å². The van der Waals surface area contributed by atoms with Crippen molar-refractivity contribution in [2.24, 2.45) is 0 Å². The molecule has 0 N–H and O–H groups in total. The van der Waals surface area contributed by atoms with Crippen LogP contribution >= 0.6 is 45.2 Å². The molecule has 37 heavy (non-hydrogen) atoms. The summed E-state index contributed by atoms with van der Waals surface area (Å²) in [7, 11) is -14.5. The van der Waals surface area contributed by atoms with Gasteiger partial charge in [0.15, 0.2) is 10.1 Å². The molecule has 0 saturated heterocycles. The second-order valence-electron chi connectivity index (χ2n) is 5.19. The first-order chi connectivity index (χ1) is 14.9. The SMILES string of the molecule is O=S(=O)(F)C(F)(F)C(F)(F)OC(F)(F)C(F)(F)I.O=S(=O)([O-])C(F)(F)C(F)(F)OC(F)(F)C(F)(F)I.[K+]. The molecule has 0 saturated carbocycles. The molecular weight excluding hydrogens is 888 g/mol. The fraction of sp³-hybridized carbons (Fsp3) is 1.00. The van der Waals surface area contributed by atoms with Crippen LogP contribution in [-0.4, -0.2) is 64.2 Å². The fourth-order valence-corrected chi connectivity index (χ4v) is 1.72. The maximum atomic E-state index is 12.4. The van der Waals surface area contributed by atoms with Gasteiger partial charge in [0.05, 0.1) is 0 Å². The Morgan fingerprint density at radius 2 is 0.730 bits per heavy atom. The zero-order valence-electron chi connectivity index (χ0n) is 15.9. The summed E-state index contributed by atoms with van der Waals surface area (Å²) < 4.78 is 248. The van der Waals surface area contributed by atoms with E-state index in [1.807, 2.05) is 4.74 Å². The van der Waals surface area contributed by atoms with E-state index in [0.717, 1.165) is 0 Å². The van der Waals surface area contributed by atoms with Gasteiger partial charge >= 0.3 is 104 Å². The van der Waals surface area contributed by atoms with Crippen LogP contribution < -0.4 is 51.4 Å². The molecule has 0 aromatic carbocycles. The number of hydrogen-bond donors (Lipinski definition) is 0. The van der Waals surface area contributed by atoms with Crippen molar-refractivity contribution in [2.75, 3.05) is 0 Å². The molecule has 0 aliphatic heterocycles. The summed E-state index contributed by atoms with van der Waals surface area (Å²) in [5.74, 6) is 0. The van der Waals surface area contributed by atoms with Crippen molar-refractivity contribution in [2.45, 2.75) is 42.8 Å². The summed E-state index contributed by atoms with van der Waals surface area (Å²) in [5.41, 5.74) is 0. The van der Waals surface area contributed by atoms with E-state index < -0.39 is 108 Å². The summed E-state index contributed by atoms with van der Waals surface area (Å²) in [6, 6.07) is 0. The average molecular weight is 888 g/mol. The van der Waals surface area contributed by atoms with E-state index in [4.69, 9.17) is 0 Å². The summed E-state index contributed by atoms with van der Waals surface area (Å²) in [6.07, 6.45) is -25.7. The van der Waals surface area contributed by atoms with E-state index in [2.05, 4.69) is 0 Å². The van der Waals surface area contributed by atoms with Gasteiger partial charge in [0.25, 0.3) is 0 Å². The number of halogens is 19. The molecule has 7 nitrogen and oxygen atoms in total. The van der Waals surface area contributed by atoms with Crippen LogP contribution in [0.15, 0.2) is 0 Å². The van der Waals surface area contributed by atoms with Crippen LogP contribution in [0.1, 0.15) is 0 Å². The Morgan fingerprint density at radius 1 is 0.514 bits per heavy atom. The van der Waals surface area contributed by atoms with Crippen LogP contribution in [0.3, 0.4) is 0 Å². The maximum Gasteiger partial charge on any atom is 1.00 e. The smallest absolute Gasteiger partial charge is 0.743 e. The van der Waals surface area contributed by atoms with E-state index in [1.54, 1.807) is 4.74 Å². The van der Waals surface area contributed by atoms with E-state index in [9.17, 15) is 95.5 Å². The van der Waals surface area contributed by atoms with E-state index in [1.165, 1.54) is 0 Å². The van der Waals surface area contributed by atoms with E-state index in [0.29, 0.717) is 0 Å². The van der Waals surface area contributed by atoms with Crippen molar-refractivity contribution in [3.8, 4) is 0 Å². The van der Waals surface area contributed by atoms with Gasteiger partial charge in [-0.3, -0.25) is 0 Å². The number of rotatable bonds is 10. The quantitative estimate of drug-likeness (QED) is 0.0829. The summed E-state index contributed by atoms with van der Waals surface area (Å²) >= 11 is -0.827. The Morgan fingerprint density at radius 3 is 0.892 bits per heavy atom. The third-order valence-electron chi connectivity index (χ3n) is 2.47. The number of alkyl halides is 18. The van der Waals surface area contributed by atoms with Gasteiger partial charge in [0, 0.05) is 45.2 Å². The predicted octanol–water partition coefficient (Wildman–Crippen LogP) is 2.47. The minimum absolute atomic E-state index is 0. The normalized spacial score (nSPS) is 15.5. The largest absolute Gasteiger partial charge is 1.00 e. The molecule has 29 heteroatoms. The predicted molar refractivity (Wildman–Crippen MR) is 89.5 cm³/mol. The molecule has 0 unspecified atom stereocenters. The van der Waals surface area contributed by atoms with Crippen molar-refractivity contribution in [1.29, 1.82) is 0 Å². The summed E-state index contributed by atoms with van der Waals surface area (Å²) in [6.45, 7) is 0. The van der Waals surface area contributed by atoms with Crippen LogP contribution in [0.2, 0.25) is 0 Å². The first-order valence-corrected chi connectivity index (χ1v) is 11.6. The van der Waals surface area contributed by atoms with Crippen molar-refractivity contribution in [3.05, 3.63) is 0 Å². The first kappa shape index (κ1) is 43.1. The van der Waals surface area contributed by atoms with Gasteiger partial charge < -0.3 is 4.55 Å². The van der Waals surface area contributed by atoms with Gasteiger partial charge in [0.1, 0.15) is 0 Å². The zero-order valence-corrected chi connectivity index (χ0v) is 24.9. The Bertz CT molecular complexity index is 912. The fourth-order valence-electron chi connectivity index (χ4n) is 0.844. The first-order valence-electron chi connectivity index (χ1n) is 6.61. The molecule has 0 aromatic rings. The molecular formula is C8F17I2KO7S2. The molecule has 0 spiro atoms. The van der Waals surface area contributed by atoms with E-state index in [-0.39, 0.29) is 51.4 Å². The van der Waals surface area contributed by atoms with Gasteiger partial charge in [-0.05, 0) is 0 Å². The molecule has 0 fully saturated rings. The molecule has 0 heterocycles. The Labute approximate surface area is 261 Å². The molecule has 0 amide bonds. The zero-order chi connectivity index (χ0) is 30.4. The van der Waals surface area contributed by atoms with Crippen molar-refractivity contribution >= 4 is 65.5 Å². The Balaban J connectivity index is -0.000000608. The molecule has 0 aliphatic rings. The molecule has 0 aromatic heterocycles. The van der Waals surface area contributed by atoms with Gasteiger partial charge in [-0.15, -0.1) is 0 Å². The van der Waals surface area contributed by atoms with Crippen LogP contribution in [0, 0.1) is 0 Å².